The number of quaternary nitrogens is 2. The number of nitrogens with two attached hydrogens (primary N) is 1. The van der Waals surface area contributed by atoms with Crippen LogP contribution in [0.15, 0.2) is 24.3 Å². The highest BCUT2D eigenvalue weighted by molar-refractivity contribution is 5.85. The summed E-state index contributed by atoms with van der Waals surface area (Å²) in [5.74, 6) is 1.90. The van der Waals surface area contributed by atoms with Crippen molar-refractivity contribution in [3.63, 3.8) is 0 Å². The third kappa shape index (κ3) is 1.62. The maximum absolute atomic E-state index is 3.86. The number of rotatable bonds is 0. The zero-order chi connectivity index (χ0) is 15.0. The Bertz CT molecular complexity index is 763. The van der Waals surface area contributed by atoms with Crippen molar-refractivity contribution in [2.45, 2.75) is 50.2 Å². The lowest BCUT2D eigenvalue weighted by atomic mass is 9.61. The van der Waals surface area contributed by atoms with Crippen molar-refractivity contribution >= 4 is 10.9 Å². The van der Waals surface area contributed by atoms with Crippen molar-refractivity contribution in [1.82, 2.24) is 4.98 Å². The van der Waals surface area contributed by atoms with Crippen LogP contribution in [-0.4, -0.2) is 30.2 Å². The predicted molar refractivity (Wildman–Crippen MR) is 90.4 cm³/mol. The monoisotopic (exact) mass is 309 g/mol. The molecule has 3 nitrogen and oxygen atoms in total. The Hall–Kier alpha value is -1.32. The molecule has 2 bridgehead atoms. The third-order valence-corrected chi connectivity index (χ3v) is 7.62. The molecule has 4 fully saturated rings. The van der Waals surface area contributed by atoms with E-state index in [4.69, 9.17) is 0 Å². The molecule has 0 spiro atoms. The summed E-state index contributed by atoms with van der Waals surface area (Å²) in [6, 6.07) is 11.6. The predicted octanol–water partition coefficient (Wildman–Crippen LogP) is 0.784. The Kier molecular flexibility index (Phi) is 2.61. The Balaban J connectivity index is 1.50. The highest BCUT2D eigenvalue weighted by Gasteiger charge is 2.60. The van der Waals surface area contributed by atoms with Crippen LogP contribution >= 0.6 is 0 Å². The summed E-state index contributed by atoms with van der Waals surface area (Å²) in [5.41, 5.74) is 4.62. The van der Waals surface area contributed by atoms with E-state index < -0.39 is 0 Å². The summed E-state index contributed by atoms with van der Waals surface area (Å²) in [6.45, 7) is 2.73. The smallest absolute Gasteiger partial charge is 0.137 e. The molecule has 1 aliphatic carbocycles. The van der Waals surface area contributed by atoms with E-state index in [1.165, 1.54) is 56.1 Å². The Morgan fingerprint density at radius 1 is 1.09 bits per heavy atom. The number of hydrogen-bond donors (Lipinski definition) is 3. The number of aromatic nitrogens is 1. The van der Waals surface area contributed by atoms with Crippen molar-refractivity contribution in [1.29, 1.82) is 0 Å². The molecule has 5 aliphatic rings. The Labute approximate surface area is 137 Å². The van der Waals surface area contributed by atoms with Gasteiger partial charge in [-0.15, -0.1) is 0 Å². The summed E-state index contributed by atoms with van der Waals surface area (Å²) in [4.78, 5) is 5.80. The van der Waals surface area contributed by atoms with Crippen LogP contribution in [-0.2, 0) is 6.42 Å². The number of fused-ring (bicyclic) bond motifs is 4. The van der Waals surface area contributed by atoms with Crippen LogP contribution in [0.3, 0.4) is 0 Å². The van der Waals surface area contributed by atoms with Gasteiger partial charge in [0.1, 0.15) is 12.1 Å². The van der Waals surface area contributed by atoms with Crippen molar-refractivity contribution in [3.8, 4) is 0 Å². The lowest BCUT2D eigenvalue weighted by Crippen LogP contribution is -3.23. The molecule has 7 rings (SSSR count). The molecule has 0 radical (unpaired) electrons. The van der Waals surface area contributed by atoms with Crippen LogP contribution in [0, 0.1) is 11.8 Å². The highest BCUT2D eigenvalue weighted by Crippen LogP contribution is 2.44. The molecule has 3 heteroatoms. The van der Waals surface area contributed by atoms with Crippen molar-refractivity contribution < 1.29 is 10.2 Å². The third-order valence-electron chi connectivity index (χ3n) is 7.62. The molecule has 120 valence electrons. The number of piperidine rings is 3. The van der Waals surface area contributed by atoms with E-state index in [1.807, 2.05) is 4.90 Å². The van der Waals surface area contributed by atoms with Gasteiger partial charge >= 0.3 is 0 Å². The summed E-state index contributed by atoms with van der Waals surface area (Å²) in [7, 11) is 0. The number of aromatic amines is 1. The van der Waals surface area contributed by atoms with Gasteiger partial charge in [0.15, 0.2) is 0 Å². The summed E-state index contributed by atoms with van der Waals surface area (Å²) >= 11 is 0. The lowest BCUT2D eigenvalue weighted by Gasteiger charge is -2.56. The molecule has 1 aromatic heterocycles. The van der Waals surface area contributed by atoms with Gasteiger partial charge in [-0.2, -0.15) is 0 Å². The molecular weight excluding hydrogens is 282 g/mol. The average molecular weight is 309 g/mol. The van der Waals surface area contributed by atoms with Crippen LogP contribution in [0.4, 0.5) is 0 Å². The van der Waals surface area contributed by atoms with Crippen LogP contribution < -0.4 is 10.2 Å². The van der Waals surface area contributed by atoms with Gasteiger partial charge in [-0.05, 0) is 30.9 Å². The first-order chi connectivity index (χ1) is 11.4. The fourth-order valence-electron chi connectivity index (χ4n) is 6.89. The van der Waals surface area contributed by atoms with Crippen LogP contribution in [0.5, 0.6) is 0 Å². The topological polar surface area (TPSA) is 36.8 Å². The van der Waals surface area contributed by atoms with E-state index in [1.54, 1.807) is 11.3 Å². The molecule has 4 aliphatic heterocycles. The van der Waals surface area contributed by atoms with Gasteiger partial charge in [0, 0.05) is 23.7 Å². The van der Waals surface area contributed by atoms with Gasteiger partial charge in [0.25, 0.3) is 0 Å². The van der Waals surface area contributed by atoms with Crippen molar-refractivity contribution in [2.24, 2.45) is 11.8 Å². The normalized spacial score (nSPS) is 41.4. The SMILES string of the molecule is c1ccc2c3c([nH]c2c1)[C@H]1[C@@H]2CC[C@H]([C@H]4CCC[NH2+][C@@H]24)[NH+]1CC3. The standard InChI is InChI=1S/C20H25N3/c1-2-6-16-12(4-1)13-9-11-23-17-8-7-15(20(23)19(13)22-16)18-14(17)5-3-10-21-18/h1-2,4,6,14-15,17-18,20-22H,3,5,7-11H2/p+2/t14-,15-,17-,18-,20-/m1/s1. The van der Waals surface area contributed by atoms with Gasteiger partial charge in [-0.1, -0.05) is 18.2 Å². The number of H-pyrrole nitrogens is 1. The molecule has 1 saturated carbocycles. The lowest BCUT2D eigenvalue weighted by molar-refractivity contribution is -0.989. The van der Waals surface area contributed by atoms with Crippen LogP contribution in [0.1, 0.15) is 43.0 Å². The second-order valence-electron chi connectivity index (χ2n) is 8.37. The summed E-state index contributed by atoms with van der Waals surface area (Å²) in [6.07, 6.45) is 7.17. The minimum absolute atomic E-state index is 0.750. The van der Waals surface area contributed by atoms with E-state index >= 15 is 0 Å². The molecule has 23 heavy (non-hydrogen) atoms. The number of hydrogen-bond acceptors (Lipinski definition) is 0. The van der Waals surface area contributed by atoms with Crippen molar-refractivity contribution in [2.75, 3.05) is 13.1 Å². The Morgan fingerprint density at radius 3 is 3.04 bits per heavy atom. The molecule has 4 N–H and O–H groups in total. The molecule has 1 unspecified atom stereocenters. The number of benzene rings is 1. The largest absolute Gasteiger partial charge is 0.353 e. The van der Waals surface area contributed by atoms with Gasteiger partial charge in [-0.25, -0.2) is 0 Å². The molecule has 6 atom stereocenters. The molecule has 0 amide bonds. The maximum atomic E-state index is 3.86. The molecular formula is C20H27N3+2. The zero-order valence-corrected chi connectivity index (χ0v) is 13.7. The van der Waals surface area contributed by atoms with Gasteiger partial charge in [0.05, 0.1) is 36.7 Å². The first kappa shape index (κ1) is 13.0. The number of para-hydroxylation sites is 1. The second-order valence-corrected chi connectivity index (χ2v) is 8.37. The van der Waals surface area contributed by atoms with Gasteiger partial charge in [-0.3, -0.25) is 0 Å². The van der Waals surface area contributed by atoms with E-state index in [-0.39, 0.29) is 0 Å². The first-order valence-electron chi connectivity index (χ1n) is 9.70. The van der Waals surface area contributed by atoms with Crippen molar-refractivity contribution in [3.05, 3.63) is 35.5 Å². The van der Waals surface area contributed by atoms with E-state index in [9.17, 15) is 0 Å². The van der Waals surface area contributed by atoms with E-state index in [0.717, 1.165) is 30.0 Å². The zero-order valence-electron chi connectivity index (χ0n) is 13.7. The second kappa shape index (κ2) is 4.61. The highest BCUT2D eigenvalue weighted by atomic mass is 15.3. The van der Waals surface area contributed by atoms with Crippen LogP contribution in [0.2, 0.25) is 0 Å². The minimum atomic E-state index is 0.750. The van der Waals surface area contributed by atoms with Gasteiger partial charge < -0.3 is 15.2 Å². The molecule has 5 heterocycles. The fraction of sp³-hybridized carbons (Fsp3) is 0.600. The molecule has 1 aromatic carbocycles. The van der Waals surface area contributed by atoms with E-state index in [0.29, 0.717) is 0 Å². The summed E-state index contributed by atoms with van der Waals surface area (Å²) < 4.78 is 0. The number of nitrogens with one attached hydrogen (secondary N) is 2. The summed E-state index contributed by atoms with van der Waals surface area (Å²) in [5, 5.41) is 4.21. The fourth-order valence-corrected chi connectivity index (χ4v) is 6.89. The molecule has 2 aromatic rings. The van der Waals surface area contributed by atoms with E-state index in [2.05, 4.69) is 34.6 Å². The first-order valence-corrected chi connectivity index (χ1v) is 9.70. The Morgan fingerprint density at radius 2 is 2.04 bits per heavy atom. The maximum Gasteiger partial charge on any atom is 0.137 e. The van der Waals surface area contributed by atoms with Crippen LogP contribution in [0.25, 0.3) is 10.9 Å². The van der Waals surface area contributed by atoms with Gasteiger partial charge in [0.2, 0.25) is 0 Å². The minimum Gasteiger partial charge on any atom is -0.353 e. The molecule has 3 saturated heterocycles. The average Bonchev–Trinajstić information content (AvgIpc) is 3.01. The quantitative estimate of drug-likeness (QED) is 0.643.